The van der Waals surface area contributed by atoms with Crippen LogP contribution in [-0.2, 0) is 0 Å². The number of aliphatic hydroxyl groups is 20. The van der Waals surface area contributed by atoms with Crippen LogP contribution in [0.5, 0.6) is 0 Å². The van der Waals surface area contributed by atoms with Gasteiger partial charge in [-0.2, -0.15) is 0 Å². The molecule has 0 atom stereocenters. The van der Waals surface area contributed by atoms with Crippen molar-refractivity contribution in [3.63, 3.8) is 0 Å². The van der Waals surface area contributed by atoms with Gasteiger partial charge in [0.1, 0.15) is 0 Å². The summed E-state index contributed by atoms with van der Waals surface area (Å²) in [6.07, 6.45) is 0. The Morgan fingerprint density at radius 2 is 0.178 bits per heavy atom. The Labute approximate surface area is 261 Å². The predicted molar refractivity (Wildman–Crippen MR) is 154 cm³/mol. The van der Waals surface area contributed by atoms with Crippen molar-refractivity contribution < 1.29 is 102 Å². The van der Waals surface area contributed by atoms with Crippen LogP contribution in [0.4, 0.5) is 0 Å². The molecule has 0 radical (unpaired) electrons. The summed E-state index contributed by atoms with van der Waals surface area (Å²) in [6, 6.07) is 0. The second kappa shape index (κ2) is 31.8. The van der Waals surface area contributed by atoms with Crippen LogP contribution >= 0.6 is 0 Å². The third-order valence-corrected chi connectivity index (χ3v) is 6.71. The molecule has 0 aliphatic carbocycles. The van der Waals surface area contributed by atoms with E-state index in [0.29, 0.717) is 0 Å². The molecule has 20 nitrogen and oxygen atoms in total. The lowest BCUT2D eigenvalue weighted by Crippen LogP contribution is -2.37. The Hall–Kier alpha value is -0.800. The van der Waals surface area contributed by atoms with E-state index in [1.807, 2.05) is 0 Å². The van der Waals surface area contributed by atoms with Crippen LogP contribution in [0.25, 0.3) is 0 Å². The van der Waals surface area contributed by atoms with Gasteiger partial charge in [-0.1, -0.05) is 0 Å². The monoisotopic (exact) mass is 680 g/mol. The van der Waals surface area contributed by atoms with Crippen LogP contribution < -0.4 is 0 Å². The highest BCUT2D eigenvalue weighted by atomic mass is 16.3. The maximum Gasteiger partial charge on any atom is 0.0627 e. The van der Waals surface area contributed by atoms with Gasteiger partial charge in [-0.3, -0.25) is 0 Å². The lowest BCUT2D eigenvalue weighted by atomic mass is 9.93. The smallest absolute Gasteiger partial charge is 0.0627 e. The molecule has 0 aromatic carbocycles. The molecule has 0 rings (SSSR count). The largest absolute Gasteiger partial charge is 0.396 e. The van der Waals surface area contributed by atoms with E-state index in [9.17, 15) is 0 Å². The van der Waals surface area contributed by atoms with Gasteiger partial charge in [0.2, 0.25) is 0 Å². The molecule has 0 aromatic heterocycles. The molecule has 0 heterocycles. The fraction of sp³-hybridized carbons (Fsp3) is 1.00. The lowest BCUT2D eigenvalue weighted by molar-refractivity contribution is -0.0332. The molecule has 0 amide bonds. The van der Waals surface area contributed by atoms with E-state index in [-0.39, 0.29) is 0 Å². The third kappa shape index (κ3) is 20.9. The molecule has 280 valence electrons. The molecule has 0 aromatic rings. The highest BCUT2D eigenvalue weighted by Gasteiger charge is 2.29. The molecule has 0 spiro atoms. The first-order chi connectivity index (χ1) is 21.2. The van der Waals surface area contributed by atoms with Crippen molar-refractivity contribution in [3.05, 3.63) is 0 Å². The van der Waals surface area contributed by atoms with E-state index in [1.54, 1.807) is 0 Å². The van der Waals surface area contributed by atoms with Gasteiger partial charge in [0.15, 0.2) is 0 Å². The van der Waals surface area contributed by atoms with Gasteiger partial charge in [0, 0.05) is 0 Å². The lowest BCUT2D eigenvalue weighted by Gasteiger charge is -2.23. The van der Waals surface area contributed by atoms with Crippen molar-refractivity contribution in [2.24, 2.45) is 27.1 Å². The molecule has 0 unspecified atom stereocenters. The zero-order valence-electron chi connectivity index (χ0n) is 25.6. The summed E-state index contributed by atoms with van der Waals surface area (Å²) in [7, 11) is 0. The molecule has 0 bridgehead atoms. The zero-order chi connectivity index (χ0) is 36.6. The number of aliphatic hydroxyl groups excluding tert-OH is 20. The summed E-state index contributed by atoms with van der Waals surface area (Å²) in [6.45, 7) is -8.12. The first kappa shape index (κ1) is 53.7. The Kier molecular flexibility index (Phi) is 37.9. The summed E-state index contributed by atoms with van der Waals surface area (Å²) in [5.74, 6) is 0. The summed E-state index contributed by atoms with van der Waals surface area (Å²) >= 11 is 0. The van der Waals surface area contributed by atoms with E-state index >= 15 is 0 Å². The normalized spacial score (nSPS) is 12.0. The maximum absolute atomic E-state index is 8.50. The molecule has 45 heavy (non-hydrogen) atoms. The number of hydrogen-bond acceptors (Lipinski definition) is 20. The van der Waals surface area contributed by atoms with Gasteiger partial charge in [-0.05, 0) is 0 Å². The quantitative estimate of drug-likeness (QED) is 0.0567. The highest BCUT2D eigenvalue weighted by Crippen LogP contribution is 2.14. The van der Waals surface area contributed by atoms with Crippen molar-refractivity contribution in [2.75, 3.05) is 132 Å². The van der Waals surface area contributed by atoms with Crippen LogP contribution in [-0.4, -0.2) is 234 Å². The SMILES string of the molecule is OCC(CO)(CO)CO.OCC(CO)(CO)CO.OCC(CO)(CO)CO.OCC(CO)(CO)CO.OCC(CO)(CO)CO. The average Bonchev–Trinajstić information content (AvgIpc) is 3.12. The molecule has 0 aliphatic heterocycles. The molecular formula is C25H60O20. The molecule has 0 saturated carbocycles. The van der Waals surface area contributed by atoms with Crippen LogP contribution in [0, 0.1) is 27.1 Å². The van der Waals surface area contributed by atoms with Crippen molar-refractivity contribution in [2.45, 2.75) is 0 Å². The zero-order valence-corrected chi connectivity index (χ0v) is 25.6. The topological polar surface area (TPSA) is 405 Å². The Morgan fingerprint density at radius 1 is 0.133 bits per heavy atom. The van der Waals surface area contributed by atoms with Gasteiger partial charge in [-0.15, -0.1) is 0 Å². The molecule has 0 aliphatic rings. The molecule has 0 fully saturated rings. The maximum atomic E-state index is 8.50. The number of rotatable bonds is 20. The second-order valence-corrected chi connectivity index (χ2v) is 10.7. The fourth-order valence-corrected chi connectivity index (χ4v) is 1.50. The Balaban J connectivity index is -0.000000148. The standard InChI is InChI=1S/5C5H12O4/c5*6-1-5(2-7,3-8)4-9/h5*6-9H,1-4H2. The van der Waals surface area contributed by atoms with Crippen LogP contribution in [0.1, 0.15) is 0 Å². The Morgan fingerprint density at radius 3 is 0.178 bits per heavy atom. The van der Waals surface area contributed by atoms with E-state index < -0.39 is 159 Å². The minimum Gasteiger partial charge on any atom is -0.396 e. The minimum atomic E-state index is -1.11. The molecular weight excluding hydrogens is 620 g/mol. The van der Waals surface area contributed by atoms with E-state index in [0.717, 1.165) is 0 Å². The molecule has 0 saturated heterocycles. The first-order valence-corrected chi connectivity index (χ1v) is 13.4. The summed E-state index contributed by atoms with van der Waals surface area (Å²) < 4.78 is 0. The van der Waals surface area contributed by atoms with E-state index in [1.165, 1.54) is 0 Å². The van der Waals surface area contributed by atoms with Crippen molar-refractivity contribution in [1.82, 2.24) is 0 Å². The summed E-state index contributed by atoms with van der Waals surface area (Å²) in [4.78, 5) is 0. The number of hydrogen-bond donors (Lipinski definition) is 20. The molecule has 20 N–H and O–H groups in total. The molecule has 20 heteroatoms. The van der Waals surface area contributed by atoms with Gasteiger partial charge in [0.25, 0.3) is 0 Å². The first-order valence-electron chi connectivity index (χ1n) is 13.4. The fourth-order valence-electron chi connectivity index (χ4n) is 1.50. The second-order valence-electron chi connectivity index (χ2n) is 10.7. The summed E-state index contributed by atoms with van der Waals surface area (Å²) in [5, 5.41) is 170. The Bertz CT molecular complexity index is 375. The summed E-state index contributed by atoms with van der Waals surface area (Å²) in [5.41, 5.74) is -5.56. The van der Waals surface area contributed by atoms with Gasteiger partial charge < -0.3 is 102 Å². The van der Waals surface area contributed by atoms with Gasteiger partial charge >= 0.3 is 0 Å². The van der Waals surface area contributed by atoms with E-state index in [2.05, 4.69) is 0 Å². The van der Waals surface area contributed by atoms with Crippen molar-refractivity contribution in [1.29, 1.82) is 0 Å². The third-order valence-electron chi connectivity index (χ3n) is 6.71. The minimum absolute atomic E-state index is 0.406. The average molecular weight is 681 g/mol. The predicted octanol–water partition coefficient (Wildman–Crippen LogP) is -10.3. The van der Waals surface area contributed by atoms with Crippen LogP contribution in [0.3, 0.4) is 0 Å². The van der Waals surface area contributed by atoms with Gasteiger partial charge in [-0.25, -0.2) is 0 Å². The van der Waals surface area contributed by atoms with Crippen molar-refractivity contribution >= 4 is 0 Å². The van der Waals surface area contributed by atoms with Crippen LogP contribution in [0.15, 0.2) is 0 Å². The van der Waals surface area contributed by atoms with Gasteiger partial charge in [0.05, 0.1) is 159 Å². The highest BCUT2D eigenvalue weighted by molar-refractivity contribution is 4.77. The van der Waals surface area contributed by atoms with Crippen LogP contribution in [0.2, 0.25) is 0 Å². The van der Waals surface area contributed by atoms with E-state index in [4.69, 9.17) is 102 Å². The van der Waals surface area contributed by atoms with Crippen molar-refractivity contribution in [3.8, 4) is 0 Å².